The molecule has 2 heterocycles. The van der Waals surface area contributed by atoms with Crippen LogP contribution in [0.4, 0.5) is 0 Å². The lowest BCUT2D eigenvalue weighted by Gasteiger charge is -2.24. The third kappa shape index (κ3) is 16.9. The van der Waals surface area contributed by atoms with E-state index in [9.17, 15) is 4.79 Å². The number of methoxy groups -OCH3 is 1. The van der Waals surface area contributed by atoms with Gasteiger partial charge >= 0.3 is 0 Å². The summed E-state index contributed by atoms with van der Waals surface area (Å²) in [6.07, 6.45) is 15.8. The Balaban J connectivity index is 0. The van der Waals surface area contributed by atoms with Gasteiger partial charge in [0.05, 0.1) is 7.11 Å². The zero-order valence-electron chi connectivity index (χ0n) is 28.7. The number of nitrogens with one attached hydrogen (secondary N) is 3. The number of rotatable bonds is 7. The topological polar surface area (TPSA) is 92.7 Å². The zero-order valence-corrected chi connectivity index (χ0v) is 28.7. The number of hydrogen-bond donors (Lipinski definition) is 3. The predicted octanol–water partition coefficient (Wildman–Crippen LogP) is 8.48. The summed E-state index contributed by atoms with van der Waals surface area (Å²) >= 11 is 0. The molecule has 1 saturated heterocycles. The van der Waals surface area contributed by atoms with Gasteiger partial charge in [0.25, 0.3) is 0 Å². The van der Waals surface area contributed by atoms with Crippen LogP contribution in [0, 0.1) is 17.2 Å². The minimum Gasteiger partial charge on any atom is -0.493 e. The molecule has 0 aromatic carbocycles. The predicted molar refractivity (Wildman–Crippen MR) is 180 cm³/mol. The van der Waals surface area contributed by atoms with E-state index >= 15 is 0 Å². The smallest absolute Gasteiger partial charge is 0.245 e. The second kappa shape index (κ2) is 25.1. The Kier molecular flexibility index (Phi) is 25.0. The molecule has 0 spiro atoms. The molecular formula is C35H65N3O4. The van der Waals surface area contributed by atoms with Crippen LogP contribution in [0.2, 0.25) is 0 Å². The minimum absolute atomic E-state index is 0.129. The summed E-state index contributed by atoms with van der Waals surface area (Å²) < 4.78 is 16.6. The first-order chi connectivity index (χ1) is 20.1. The maximum atomic E-state index is 10.8. The third-order valence-corrected chi connectivity index (χ3v) is 6.67. The summed E-state index contributed by atoms with van der Waals surface area (Å²) in [5.41, 5.74) is 0.727. The quantitative estimate of drug-likeness (QED) is 0.156. The Labute approximate surface area is 259 Å². The molecule has 2 fully saturated rings. The van der Waals surface area contributed by atoms with Crippen molar-refractivity contribution in [3.05, 3.63) is 48.7 Å². The van der Waals surface area contributed by atoms with E-state index in [1.807, 2.05) is 61.5 Å². The van der Waals surface area contributed by atoms with Crippen molar-refractivity contribution in [2.45, 2.75) is 132 Å². The summed E-state index contributed by atoms with van der Waals surface area (Å²) in [5.74, 6) is 2.17. The van der Waals surface area contributed by atoms with Crippen LogP contribution in [0.1, 0.15) is 114 Å². The first-order valence-corrected chi connectivity index (χ1v) is 16.2. The lowest BCUT2D eigenvalue weighted by Crippen LogP contribution is -2.39. The van der Waals surface area contributed by atoms with E-state index < -0.39 is 5.79 Å². The van der Waals surface area contributed by atoms with Crippen molar-refractivity contribution >= 4 is 12.0 Å². The van der Waals surface area contributed by atoms with E-state index in [0.717, 1.165) is 55.6 Å². The first kappa shape index (κ1) is 41.8. The molecule has 0 aromatic heterocycles. The normalized spacial score (nSPS) is 24.1. The minimum atomic E-state index is -0.643. The number of allylic oxidation sites excluding steroid dienone is 4. The molecule has 2 aliphatic heterocycles. The van der Waals surface area contributed by atoms with E-state index in [1.54, 1.807) is 19.3 Å². The molecule has 42 heavy (non-hydrogen) atoms. The molecule has 7 nitrogen and oxygen atoms in total. The molecule has 0 aromatic rings. The summed E-state index contributed by atoms with van der Waals surface area (Å²) in [6.45, 7) is 26.1. The zero-order chi connectivity index (χ0) is 32.6. The average Bonchev–Trinajstić information content (AvgIpc) is 3.50. The van der Waals surface area contributed by atoms with Crippen LogP contribution in [-0.4, -0.2) is 50.1 Å². The van der Waals surface area contributed by atoms with Crippen LogP contribution < -0.4 is 10.6 Å². The highest BCUT2D eigenvalue weighted by Crippen LogP contribution is 2.39. The molecule has 0 amide bonds. The van der Waals surface area contributed by atoms with Crippen molar-refractivity contribution in [1.82, 2.24) is 10.6 Å². The van der Waals surface area contributed by atoms with Crippen molar-refractivity contribution in [3.63, 3.8) is 0 Å². The SMILES string of the molecule is C=CC.C=CCC.CC.CC.CC(=N)CNC[C@@H]1CC2CCCCC2N1.COC1=CC(C=O)CCC2=C1OC(C)(C)O2. The molecule has 0 bridgehead atoms. The van der Waals surface area contributed by atoms with Gasteiger partial charge in [-0.15, -0.1) is 13.2 Å². The number of carbonyl (C=O) groups excluding carboxylic acids is 1. The summed E-state index contributed by atoms with van der Waals surface area (Å²) in [6, 6.07) is 1.45. The fourth-order valence-electron chi connectivity index (χ4n) is 4.96. The lowest BCUT2D eigenvalue weighted by atomic mass is 9.85. The molecule has 3 N–H and O–H groups in total. The van der Waals surface area contributed by atoms with Gasteiger partial charge < -0.3 is 35.0 Å². The number of carbonyl (C=O) groups is 1. The van der Waals surface area contributed by atoms with Crippen LogP contribution >= 0.6 is 0 Å². The van der Waals surface area contributed by atoms with E-state index in [4.69, 9.17) is 19.6 Å². The molecule has 4 rings (SSSR count). The second-order valence-electron chi connectivity index (χ2n) is 10.7. The Morgan fingerprint density at radius 1 is 1.17 bits per heavy atom. The van der Waals surface area contributed by atoms with Crippen LogP contribution in [0.15, 0.2) is 48.7 Å². The Hall–Kier alpha value is -2.38. The third-order valence-electron chi connectivity index (χ3n) is 6.67. The molecule has 2 aliphatic carbocycles. The van der Waals surface area contributed by atoms with E-state index in [1.165, 1.54) is 32.1 Å². The monoisotopic (exact) mass is 591 g/mol. The van der Waals surface area contributed by atoms with Gasteiger partial charge in [-0.25, -0.2) is 0 Å². The Morgan fingerprint density at radius 3 is 2.26 bits per heavy atom. The van der Waals surface area contributed by atoms with Gasteiger partial charge in [-0.1, -0.05) is 59.6 Å². The van der Waals surface area contributed by atoms with Crippen LogP contribution in [0.5, 0.6) is 0 Å². The highest BCUT2D eigenvalue weighted by atomic mass is 16.7. The Bertz CT molecular complexity index is 805. The second-order valence-corrected chi connectivity index (χ2v) is 10.7. The summed E-state index contributed by atoms with van der Waals surface area (Å²) in [7, 11) is 1.57. The first-order valence-electron chi connectivity index (χ1n) is 16.2. The molecule has 4 atom stereocenters. The van der Waals surface area contributed by atoms with E-state index in [-0.39, 0.29) is 5.92 Å². The molecule has 4 aliphatic rings. The lowest BCUT2D eigenvalue weighted by molar-refractivity contribution is -0.125. The largest absolute Gasteiger partial charge is 0.493 e. The van der Waals surface area contributed by atoms with Crippen molar-refractivity contribution in [1.29, 1.82) is 5.41 Å². The van der Waals surface area contributed by atoms with Crippen molar-refractivity contribution in [2.75, 3.05) is 20.2 Å². The van der Waals surface area contributed by atoms with Crippen molar-refractivity contribution in [3.8, 4) is 0 Å². The number of aldehydes is 1. The maximum absolute atomic E-state index is 10.8. The number of hydrogen-bond acceptors (Lipinski definition) is 7. The van der Waals surface area contributed by atoms with E-state index in [0.29, 0.717) is 24.0 Å². The Morgan fingerprint density at radius 2 is 1.76 bits per heavy atom. The van der Waals surface area contributed by atoms with Gasteiger partial charge in [0.1, 0.15) is 12.0 Å². The fraction of sp³-hybridized carbons (Fsp3) is 0.714. The molecule has 0 radical (unpaired) electrons. The highest BCUT2D eigenvalue weighted by Gasteiger charge is 2.38. The van der Waals surface area contributed by atoms with Crippen LogP contribution in [0.3, 0.4) is 0 Å². The van der Waals surface area contributed by atoms with Crippen molar-refractivity contribution in [2.24, 2.45) is 11.8 Å². The highest BCUT2D eigenvalue weighted by molar-refractivity contribution is 5.80. The molecule has 3 unspecified atom stereocenters. The van der Waals surface area contributed by atoms with Gasteiger partial charge in [-0.05, 0) is 57.9 Å². The fourth-order valence-corrected chi connectivity index (χ4v) is 4.96. The number of ether oxygens (including phenoxy) is 3. The molecule has 7 heteroatoms. The van der Waals surface area contributed by atoms with Crippen molar-refractivity contribution < 1.29 is 19.0 Å². The maximum Gasteiger partial charge on any atom is 0.245 e. The average molecular weight is 592 g/mol. The van der Waals surface area contributed by atoms with Gasteiger partial charge in [0.15, 0.2) is 5.76 Å². The summed E-state index contributed by atoms with van der Waals surface area (Å²) in [5, 5.41) is 14.4. The molecular weight excluding hydrogens is 526 g/mol. The van der Waals surface area contributed by atoms with Gasteiger partial charge in [-0.2, -0.15) is 0 Å². The van der Waals surface area contributed by atoms with Gasteiger partial charge in [0, 0.05) is 57.1 Å². The standard InChI is InChI=1S/C12H23N3.C12H16O4.C4H8.C3H6.2C2H6/c1-9(13)7-14-8-11-6-10-4-2-3-5-12(10)15-11;1-12(2)15-9-5-4-8(7-13)6-10(14-3)11(9)16-12;1-3-4-2;1-3-2;2*1-2/h10-15H,2-8H2,1H3;6-8H,4-5H2,1-3H3;3H,1,4H2,2H3;3H,1H2,2H3;2*1-2H3/t10?,11-,12?;;;;;/m0...../s1. The molecule has 1 saturated carbocycles. The van der Waals surface area contributed by atoms with E-state index in [2.05, 4.69) is 30.7 Å². The van der Waals surface area contributed by atoms with Gasteiger partial charge in [-0.3, -0.25) is 0 Å². The van der Waals surface area contributed by atoms with Crippen LogP contribution in [-0.2, 0) is 19.0 Å². The van der Waals surface area contributed by atoms with Gasteiger partial charge in [0.2, 0.25) is 11.5 Å². The van der Waals surface area contributed by atoms with Crippen LogP contribution in [0.25, 0.3) is 0 Å². The molecule has 244 valence electrons. The number of fused-ring (bicyclic) bond motifs is 1. The summed E-state index contributed by atoms with van der Waals surface area (Å²) in [4.78, 5) is 10.8.